The molecule has 2 N–H and O–H groups in total. The molecule has 23 heavy (non-hydrogen) atoms. The van der Waals surface area contributed by atoms with E-state index in [9.17, 15) is 24.0 Å². The smallest absolute Gasteiger partial charge is 0.331 e. The lowest BCUT2D eigenvalue weighted by molar-refractivity contribution is -0.154. The van der Waals surface area contributed by atoms with Gasteiger partial charge in [-0.25, -0.2) is 9.59 Å². The van der Waals surface area contributed by atoms with E-state index in [-0.39, 0.29) is 6.42 Å². The fraction of sp³-hybridized carbons (Fsp3) is 0.500. The molecule has 9 nitrogen and oxygen atoms in total. The molecule has 2 saturated heterocycles. The Morgan fingerprint density at radius 3 is 2.17 bits per heavy atom. The lowest BCUT2D eigenvalue weighted by Gasteiger charge is -2.22. The van der Waals surface area contributed by atoms with E-state index in [1.165, 1.54) is 0 Å². The van der Waals surface area contributed by atoms with Gasteiger partial charge in [0.15, 0.2) is 12.2 Å². The fourth-order valence-electron chi connectivity index (χ4n) is 2.16. The average Bonchev–Trinajstić information content (AvgIpc) is 2.89. The van der Waals surface area contributed by atoms with Crippen LogP contribution in [-0.2, 0) is 33.4 Å². The first-order valence-electron chi connectivity index (χ1n) is 6.90. The van der Waals surface area contributed by atoms with Crippen LogP contribution >= 0.6 is 0 Å². The summed E-state index contributed by atoms with van der Waals surface area (Å²) in [5.41, 5.74) is -0.552. The summed E-state index contributed by atoms with van der Waals surface area (Å²) in [5.74, 6) is -3.49. The van der Waals surface area contributed by atoms with E-state index in [4.69, 9.17) is 9.47 Å². The average molecular weight is 324 g/mol. The van der Waals surface area contributed by atoms with Crippen molar-refractivity contribution in [1.82, 2.24) is 10.6 Å². The second-order valence-corrected chi connectivity index (χ2v) is 5.90. The number of imide groups is 1. The number of ether oxygens (including phenoxy) is 2. The number of hydrogen-bond acceptors (Lipinski definition) is 7. The Bertz CT molecular complexity index is 608. The monoisotopic (exact) mass is 324 g/mol. The van der Waals surface area contributed by atoms with E-state index < -0.39 is 47.3 Å². The Hall–Kier alpha value is -2.71. The third-order valence-electron chi connectivity index (χ3n) is 3.44. The van der Waals surface area contributed by atoms with Crippen LogP contribution in [-0.4, -0.2) is 48.4 Å². The number of nitrogens with one attached hydrogen (secondary N) is 2. The second-order valence-electron chi connectivity index (χ2n) is 5.90. The van der Waals surface area contributed by atoms with Gasteiger partial charge in [0.05, 0.1) is 6.42 Å². The molecule has 0 bridgehead atoms. The molecule has 2 unspecified atom stereocenters. The van der Waals surface area contributed by atoms with Crippen molar-refractivity contribution < 1.29 is 33.4 Å². The molecule has 2 rings (SSSR count). The molecule has 3 amide bonds. The Morgan fingerprint density at radius 2 is 1.70 bits per heavy atom. The summed E-state index contributed by atoms with van der Waals surface area (Å²) in [6, 6.07) is 0. The third-order valence-corrected chi connectivity index (χ3v) is 3.44. The highest BCUT2D eigenvalue weighted by Gasteiger charge is 2.44. The summed E-state index contributed by atoms with van der Waals surface area (Å²) in [4.78, 5) is 56.9. The third kappa shape index (κ3) is 3.93. The summed E-state index contributed by atoms with van der Waals surface area (Å²) in [6.07, 6.45) is -0.819. The zero-order valence-electron chi connectivity index (χ0n) is 12.6. The molecule has 2 atom stereocenters. The van der Waals surface area contributed by atoms with Crippen LogP contribution in [0.25, 0.3) is 0 Å². The molecular formula is C14H16N2O7. The minimum Gasteiger partial charge on any atom is -0.449 e. The maximum atomic E-state index is 11.7. The van der Waals surface area contributed by atoms with E-state index in [2.05, 4.69) is 5.32 Å². The van der Waals surface area contributed by atoms with E-state index in [0.29, 0.717) is 6.54 Å². The number of carbonyl (C=O) groups excluding carboxylic acids is 5. The first kappa shape index (κ1) is 16.7. The molecule has 0 saturated carbocycles. The van der Waals surface area contributed by atoms with E-state index in [1.54, 1.807) is 13.8 Å². The Balaban J connectivity index is 1.86. The molecule has 0 aromatic heterocycles. The van der Waals surface area contributed by atoms with Gasteiger partial charge in [0.1, 0.15) is 0 Å². The molecule has 2 fully saturated rings. The molecule has 9 heteroatoms. The maximum Gasteiger partial charge on any atom is 0.331 e. The summed E-state index contributed by atoms with van der Waals surface area (Å²) in [6.45, 7) is 3.90. The maximum absolute atomic E-state index is 11.7. The predicted molar refractivity (Wildman–Crippen MR) is 73.5 cm³/mol. The van der Waals surface area contributed by atoms with Crippen molar-refractivity contribution in [2.24, 2.45) is 5.41 Å². The predicted octanol–water partition coefficient (Wildman–Crippen LogP) is -1.43. The van der Waals surface area contributed by atoms with Crippen LogP contribution in [0.15, 0.2) is 12.2 Å². The second kappa shape index (κ2) is 6.19. The van der Waals surface area contributed by atoms with Crippen LogP contribution in [0.4, 0.5) is 0 Å². The minimum atomic E-state index is -1.20. The van der Waals surface area contributed by atoms with Crippen LogP contribution in [0.2, 0.25) is 0 Å². The van der Waals surface area contributed by atoms with Crippen molar-refractivity contribution in [3.05, 3.63) is 12.2 Å². The van der Waals surface area contributed by atoms with Gasteiger partial charge in [0.25, 0.3) is 11.8 Å². The lowest BCUT2D eigenvalue weighted by Crippen LogP contribution is -2.35. The van der Waals surface area contributed by atoms with Gasteiger partial charge in [-0.1, -0.05) is 13.8 Å². The molecule has 0 aromatic carbocycles. The van der Waals surface area contributed by atoms with E-state index >= 15 is 0 Å². The quantitative estimate of drug-likeness (QED) is 0.368. The van der Waals surface area contributed by atoms with Crippen molar-refractivity contribution in [1.29, 1.82) is 0 Å². The molecule has 0 aromatic rings. The van der Waals surface area contributed by atoms with Gasteiger partial charge >= 0.3 is 11.9 Å². The van der Waals surface area contributed by atoms with Crippen LogP contribution < -0.4 is 10.6 Å². The zero-order chi connectivity index (χ0) is 17.2. The van der Waals surface area contributed by atoms with Crippen LogP contribution in [0.5, 0.6) is 0 Å². The first-order valence-corrected chi connectivity index (χ1v) is 6.90. The highest BCUT2D eigenvalue weighted by Crippen LogP contribution is 2.27. The van der Waals surface area contributed by atoms with E-state index in [0.717, 1.165) is 12.2 Å². The highest BCUT2D eigenvalue weighted by atomic mass is 16.6. The summed E-state index contributed by atoms with van der Waals surface area (Å²) in [7, 11) is 0. The molecule has 2 aliphatic rings. The summed E-state index contributed by atoms with van der Waals surface area (Å²) >= 11 is 0. The molecule has 124 valence electrons. The number of esters is 2. The molecule has 2 aliphatic heterocycles. The number of rotatable bonds is 4. The standard InChI is InChI=1S/C14H16N2O7/c1-14(2)6-15-13(21)11(14)23-10(19)4-3-9(18)22-7-5-8(17)16-12(7)20/h3-4,7,11H,5-6H2,1-2H3,(H,15,21)(H,16,17,20)/b4-3+. The highest BCUT2D eigenvalue weighted by molar-refractivity contribution is 6.06. The summed E-state index contributed by atoms with van der Waals surface area (Å²) in [5, 5.41) is 4.56. The zero-order valence-corrected chi connectivity index (χ0v) is 12.6. The largest absolute Gasteiger partial charge is 0.449 e. The normalized spacial score (nSPS) is 26.1. The number of amides is 3. The lowest BCUT2D eigenvalue weighted by atomic mass is 9.90. The first-order chi connectivity index (χ1) is 10.7. The van der Waals surface area contributed by atoms with Gasteiger partial charge < -0.3 is 14.8 Å². The van der Waals surface area contributed by atoms with Crippen LogP contribution in [0.3, 0.4) is 0 Å². The molecular weight excluding hydrogens is 308 g/mol. The van der Waals surface area contributed by atoms with Crippen molar-refractivity contribution >= 4 is 29.7 Å². The number of hydrogen-bond donors (Lipinski definition) is 2. The van der Waals surface area contributed by atoms with Crippen molar-refractivity contribution in [2.75, 3.05) is 6.54 Å². The Morgan fingerprint density at radius 1 is 1.09 bits per heavy atom. The van der Waals surface area contributed by atoms with Gasteiger partial charge in [-0.3, -0.25) is 19.7 Å². The van der Waals surface area contributed by atoms with Gasteiger partial charge in [-0.2, -0.15) is 0 Å². The van der Waals surface area contributed by atoms with Gasteiger partial charge in [-0.05, 0) is 0 Å². The number of carbonyl (C=O) groups is 5. The van der Waals surface area contributed by atoms with Gasteiger partial charge in [0.2, 0.25) is 5.91 Å². The molecule has 0 aliphatic carbocycles. The fourth-order valence-corrected chi connectivity index (χ4v) is 2.16. The van der Waals surface area contributed by atoms with E-state index in [1.807, 2.05) is 5.32 Å². The van der Waals surface area contributed by atoms with Crippen molar-refractivity contribution in [3.8, 4) is 0 Å². The Kier molecular flexibility index (Phi) is 4.48. The van der Waals surface area contributed by atoms with Gasteiger partial charge in [-0.15, -0.1) is 0 Å². The Labute approximate surface area is 131 Å². The summed E-state index contributed by atoms with van der Waals surface area (Å²) < 4.78 is 9.75. The minimum absolute atomic E-state index is 0.251. The van der Waals surface area contributed by atoms with Crippen LogP contribution in [0, 0.1) is 5.41 Å². The van der Waals surface area contributed by atoms with Gasteiger partial charge in [0, 0.05) is 24.1 Å². The van der Waals surface area contributed by atoms with Crippen molar-refractivity contribution in [2.45, 2.75) is 32.5 Å². The van der Waals surface area contributed by atoms with Crippen LogP contribution in [0.1, 0.15) is 20.3 Å². The molecule has 0 spiro atoms. The molecule has 0 radical (unpaired) electrons. The SMILES string of the molecule is CC1(C)CNC(=O)C1OC(=O)/C=C/C(=O)OC1CC(=O)NC1=O. The molecule has 2 heterocycles. The topological polar surface area (TPSA) is 128 Å². The van der Waals surface area contributed by atoms with Crippen molar-refractivity contribution in [3.63, 3.8) is 0 Å².